The summed E-state index contributed by atoms with van der Waals surface area (Å²) in [6.07, 6.45) is -0.782. The molecule has 2 heterocycles. The van der Waals surface area contributed by atoms with Crippen LogP contribution in [0, 0.1) is 0 Å². The van der Waals surface area contributed by atoms with Gasteiger partial charge in [-0.25, -0.2) is 0 Å². The van der Waals surface area contributed by atoms with Gasteiger partial charge in [-0.05, 0) is 31.2 Å². The lowest BCUT2D eigenvalue weighted by Crippen LogP contribution is -2.37. The zero-order valence-electron chi connectivity index (χ0n) is 15.3. The normalized spacial score (nSPS) is 16.5. The van der Waals surface area contributed by atoms with Crippen molar-refractivity contribution in [3.63, 3.8) is 0 Å². The highest BCUT2D eigenvalue weighted by Gasteiger charge is 2.27. The maximum absolute atomic E-state index is 12.8. The lowest BCUT2D eigenvalue weighted by molar-refractivity contribution is -0.127. The summed E-state index contributed by atoms with van der Waals surface area (Å²) < 4.78 is 19.8. The summed E-state index contributed by atoms with van der Waals surface area (Å²) in [6.45, 7) is 3.74. The topological polar surface area (TPSA) is 62.1 Å². The van der Waals surface area contributed by atoms with Gasteiger partial charge in [0.15, 0.2) is 16.3 Å². The number of aromatic nitrogens is 1. The van der Waals surface area contributed by atoms with Crippen molar-refractivity contribution in [2.45, 2.75) is 19.6 Å². The van der Waals surface area contributed by atoms with Gasteiger partial charge in [0, 0.05) is 13.2 Å². The van der Waals surface area contributed by atoms with Crippen LogP contribution < -0.4 is 14.3 Å². The fourth-order valence-corrected chi connectivity index (χ4v) is 4.41. The second-order valence-electron chi connectivity index (χ2n) is 6.13. The van der Waals surface area contributed by atoms with Crippen molar-refractivity contribution in [2.24, 2.45) is 4.99 Å². The second kappa shape index (κ2) is 8.34. The number of benzene rings is 2. The fourth-order valence-electron chi connectivity index (χ4n) is 2.99. The SMILES string of the molecule is CCOCCn1c(=NC(=O)[C@@H]2COc3ccccc3O2)sc2cccc(Cl)c21. The lowest BCUT2D eigenvalue weighted by Gasteiger charge is -2.23. The molecule has 0 N–H and O–H groups in total. The van der Waals surface area contributed by atoms with Crippen molar-refractivity contribution in [3.8, 4) is 11.5 Å². The molecule has 0 unspecified atom stereocenters. The maximum atomic E-state index is 12.8. The van der Waals surface area contributed by atoms with Gasteiger partial charge < -0.3 is 18.8 Å². The monoisotopic (exact) mass is 418 g/mol. The van der Waals surface area contributed by atoms with Crippen molar-refractivity contribution >= 4 is 39.1 Å². The summed E-state index contributed by atoms with van der Waals surface area (Å²) in [5.74, 6) is 0.792. The molecule has 0 saturated heterocycles. The highest BCUT2D eigenvalue weighted by Crippen LogP contribution is 2.31. The van der Waals surface area contributed by atoms with E-state index in [1.165, 1.54) is 11.3 Å². The van der Waals surface area contributed by atoms with Crippen LogP contribution in [-0.2, 0) is 16.1 Å². The largest absolute Gasteiger partial charge is 0.485 e. The van der Waals surface area contributed by atoms with Crippen LogP contribution in [0.3, 0.4) is 0 Å². The predicted molar refractivity (Wildman–Crippen MR) is 108 cm³/mol. The van der Waals surface area contributed by atoms with Crippen molar-refractivity contribution in [2.75, 3.05) is 19.8 Å². The van der Waals surface area contributed by atoms with E-state index in [4.69, 9.17) is 25.8 Å². The van der Waals surface area contributed by atoms with Gasteiger partial charge in [0.1, 0.15) is 6.61 Å². The second-order valence-corrected chi connectivity index (χ2v) is 7.55. The summed E-state index contributed by atoms with van der Waals surface area (Å²) in [4.78, 5) is 17.7. The molecule has 1 atom stereocenters. The third-order valence-electron chi connectivity index (χ3n) is 4.31. The van der Waals surface area contributed by atoms with Crippen LogP contribution in [0.5, 0.6) is 11.5 Å². The number of ether oxygens (including phenoxy) is 3. The van der Waals surface area contributed by atoms with Crippen LogP contribution in [0.25, 0.3) is 10.2 Å². The van der Waals surface area contributed by atoms with E-state index in [1.807, 2.05) is 47.9 Å². The van der Waals surface area contributed by atoms with Crippen molar-refractivity contribution < 1.29 is 19.0 Å². The van der Waals surface area contributed by atoms with E-state index in [0.29, 0.717) is 41.1 Å². The average Bonchev–Trinajstić information content (AvgIpc) is 3.06. The zero-order chi connectivity index (χ0) is 19.5. The molecule has 3 aromatic rings. The van der Waals surface area contributed by atoms with Gasteiger partial charge >= 0.3 is 0 Å². The summed E-state index contributed by atoms with van der Waals surface area (Å²) in [5, 5.41) is 0.616. The van der Waals surface area contributed by atoms with Gasteiger partial charge in [-0.1, -0.05) is 41.1 Å². The Labute approximate surface area is 170 Å². The van der Waals surface area contributed by atoms with Crippen LogP contribution in [-0.4, -0.2) is 36.4 Å². The Balaban J connectivity index is 1.68. The molecule has 0 bridgehead atoms. The molecule has 1 aliphatic heterocycles. The van der Waals surface area contributed by atoms with E-state index in [1.54, 1.807) is 6.07 Å². The molecule has 28 heavy (non-hydrogen) atoms. The first-order valence-electron chi connectivity index (χ1n) is 9.00. The maximum Gasteiger partial charge on any atom is 0.292 e. The molecule has 1 aliphatic rings. The summed E-state index contributed by atoms with van der Waals surface area (Å²) in [6, 6.07) is 12.9. The van der Waals surface area contributed by atoms with E-state index in [2.05, 4.69) is 4.99 Å². The quantitative estimate of drug-likeness (QED) is 0.593. The highest BCUT2D eigenvalue weighted by atomic mass is 35.5. The van der Waals surface area contributed by atoms with E-state index in [0.717, 1.165) is 10.2 Å². The number of hydrogen-bond acceptors (Lipinski definition) is 5. The molecule has 4 rings (SSSR count). The number of carbonyl (C=O) groups excluding carboxylic acids is 1. The average molecular weight is 419 g/mol. The standard InChI is InChI=1S/C20H19ClN2O4S/c1-2-25-11-10-23-18-13(21)6-5-9-17(18)28-20(23)22-19(24)16-12-26-14-7-3-4-8-15(14)27-16/h3-9,16H,2,10-12H2,1H3/t16-/m0/s1. The lowest BCUT2D eigenvalue weighted by atomic mass is 10.2. The van der Waals surface area contributed by atoms with Gasteiger partial charge in [0.25, 0.3) is 5.91 Å². The van der Waals surface area contributed by atoms with E-state index < -0.39 is 6.10 Å². The molecule has 0 aliphatic carbocycles. The Morgan fingerprint density at radius 1 is 1.29 bits per heavy atom. The molecule has 0 fully saturated rings. The van der Waals surface area contributed by atoms with Crippen LogP contribution in [0.1, 0.15) is 6.92 Å². The Bertz CT molecular complexity index is 1080. The first-order chi connectivity index (χ1) is 13.7. The molecular weight excluding hydrogens is 400 g/mol. The summed E-state index contributed by atoms with van der Waals surface area (Å²) >= 11 is 7.82. The number of rotatable bonds is 5. The number of amides is 1. The minimum absolute atomic E-state index is 0.129. The Hall–Kier alpha value is -2.35. The van der Waals surface area contributed by atoms with Gasteiger partial charge in [0.05, 0.1) is 21.8 Å². The molecule has 146 valence electrons. The van der Waals surface area contributed by atoms with E-state index in [9.17, 15) is 4.79 Å². The summed E-state index contributed by atoms with van der Waals surface area (Å²) in [7, 11) is 0. The Morgan fingerprint density at radius 3 is 2.93 bits per heavy atom. The Morgan fingerprint density at radius 2 is 2.11 bits per heavy atom. The third kappa shape index (κ3) is 3.78. The fraction of sp³-hybridized carbons (Fsp3) is 0.300. The third-order valence-corrected chi connectivity index (χ3v) is 5.65. The predicted octanol–water partition coefficient (Wildman–Crippen LogP) is 3.66. The molecule has 8 heteroatoms. The molecular formula is C20H19ClN2O4S. The highest BCUT2D eigenvalue weighted by molar-refractivity contribution is 7.16. The number of fused-ring (bicyclic) bond motifs is 2. The summed E-state index contributed by atoms with van der Waals surface area (Å²) in [5.41, 5.74) is 0.853. The van der Waals surface area contributed by atoms with Crippen LogP contribution in [0.4, 0.5) is 0 Å². The Kier molecular flexibility index (Phi) is 5.66. The van der Waals surface area contributed by atoms with E-state index in [-0.39, 0.29) is 12.5 Å². The van der Waals surface area contributed by atoms with Crippen LogP contribution in [0.2, 0.25) is 5.02 Å². The van der Waals surface area contributed by atoms with Crippen molar-refractivity contribution in [3.05, 3.63) is 52.3 Å². The number of halogens is 1. The number of nitrogens with zero attached hydrogens (tertiary/aromatic N) is 2. The van der Waals surface area contributed by atoms with Crippen molar-refractivity contribution in [1.29, 1.82) is 0 Å². The van der Waals surface area contributed by atoms with Gasteiger partial charge in [-0.15, -0.1) is 0 Å². The van der Waals surface area contributed by atoms with Crippen LogP contribution in [0.15, 0.2) is 47.5 Å². The van der Waals surface area contributed by atoms with E-state index >= 15 is 0 Å². The zero-order valence-corrected chi connectivity index (χ0v) is 16.8. The molecule has 0 spiro atoms. The van der Waals surface area contributed by atoms with Gasteiger partial charge in [0.2, 0.25) is 6.10 Å². The van der Waals surface area contributed by atoms with Gasteiger partial charge in [-0.2, -0.15) is 4.99 Å². The first-order valence-corrected chi connectivity index (χ1v) is 10.2. The van der Waals surface area contributed by atoms with Gasteiger partial charge in [-0.3, -0.25) is 4.79 Å². The number of hydrogen-bond donors (Lipinski definition) is 0. The molecule has 1 aromatic heterocycles. The minimum Gasteiger partial charge on any atom is -0.485 e. The molecule has 1 amide bonds. The smallest absolute Gasteiger partial charge is 0.292 e. The molecule has 0 saturated carbocycles. The molecule has 2 aromatic carbocycles. The number of para-hydroxylation sites is 3. The first kappa shape index (κ1) is 19.0. The van der Waals surface area contributed by atoms with Crippen molar-refractivity contribution in [1.82, 2.24) is 4.57 Å². The number of carbonyl (C=O) groups is 1. The van der Waals surface area contributed by atoms with Crippen LogP contribution >= 0.6 is 22.9 Å². The molecule has 0 radical (unpaired) electrons. The molecule has 6 nitrogen and oxygen atoms in total. The minimum atomic E-state index is -0.782. The number of thiazole rings is 1.